The Morgan fingerprint density at radius 3 is 3.00 bits per heavy atom. The predicted molar refractivity (Wildman–Crippen MR) is 62.2 cm³/mol. The molecule has 0 saturated carbocycles. The molecule has 0 saturated heterocycles. The molecule has 3 aromatic rings. The molecular weight excluding hydrogens is 230 g/mol. The van der Waals surface area contributed by atoms with Crippen molar-refractivity contribution in [1.82, 2.24) is 15.0 Å². The fourth-order valence-corrected chi connectivity index (χ4v) is 2.51. The van der Waals surface area contributed by atoms with E-state index in [1.165, 1.54) is 0 Å². The number of pyridine rings is 1. The maximum absolute atomic E-state index is 6.03. The minimum absolute atomic E-state index is 0.719. The standard InChI is InChI=1S/C10H6ClN3S/c11-6-3-5-15-8(6)10-13-7-2-1-4-12-9(7)14-10/h1-5H,(H,12,13,14). The quantitative estimate of drug-likeness (QED) is 0.703. The summed E-state index contributed by atoms with van der Waals surface area (Å²) < 4.78 is 0. The van der Waals surface area contributed by atoms with Gasteiger partial charge in [-0.3, -0.25) is 0 Å². The van der Waals surface area contributed by atoms with Gasteiger partial charge in [0.2, 0.25) is 0 Å². The minimum Gasteiger partial charge on any atom is -0.336 e. The first kappa shape index (κ1) is 8.88. The third kappa shape index (κ3) is 1.42. The van der Waals surface area contributed by atoms with Crippen LogP contribution in [0.25, 0.3) is 21.9 Å². The Morgan fingerprint density at radius 2 is 2.27 bits per heavy atom. The molecule has 0 aliphatic heterocycles. The summed E-state index contributed by atoms with van der Waals surface area (Å²) in [6.07, 6.45) is 1.73. The number of rotatable bonds is 1. The molecule has 0 atom stereocenters. The van der Waals surface area contributed by atoms with E-state index in [2.05, 4.69) is 15.0 Å². The summed E-state index contributed by atoms with van der Waals surface area (Å²) in [5, 5.41) is 2.66. The maximum atomic E-state index is 6.03. The van der Waals surface area contributed by atoms with Crippen LogP contribution in [0, 0.1) is 0 Å². The summed E-state index contributed by atoms with van der Waals surface area (Å²) in [5.74, 6) is 0.781. The lowest BCUT2D eigenvalue weighted by molar-refractivity contribution is 1.31. The smallest absolute Gasteiger partial charge is 0.178 e. The Bertz CT molecular complexity index is 581. The molecule has 0 aliphatic rings. The van der Waals surface area contributed by atoms with E-state index < -0.39 is 0 Å². The van der Waals surface area contributed by atoms with Crippen LogP contribution in [-0.4, -0.2) is 15.0 Å². The number of nitrogens with zero attached hydrogens (tertiary/aromatic N) is 2. The normalized spacial score (nSPS) is 11.0. The second-order valence-electron chi connectivity index (χ2n) is 3.06. The lowest BCUT2D eigenvalue weighted by Gasteiger charge is -1.89. The molecule has 0 aromatic carbocycles. The van der Waals surface area contributed by atoms with E-state index in [-0.39, 0.29) is 0 Å². The Labute approximate surface area is 94.8 Å². The molecule has 5 heteroatoms. The highest BCUT2D eigenvalue weighted by atomic mass is 35.5. The molecule has 3 aromatic heterocycles. The summed E-state index contributed by atoms with van der Waals surface area (Å²) in [4.78, 5) is 12.7. The molecule has 74 valence electrons. The van der Waals surface area contributed by atoms with Gasteiger partial charge < -0.3 is 4.98 Å². The van der Waals surface area contributed by atoms with Crippen molar-refractivity contribution in [3.8, 4) is 10.7 Å². The van der Waals surface area contributed by atoms with Gasteiger partial charge in [0, 0.05) is 6.20 Å². The summed E-state index contributed by atoms with van der Waals surface area (Å²) >= 11 is 7.60. The number of hydrogen-bond acceptors (Lipinski definition) is 3. The number of aromatic amines is 1. The van der Waals surface area contributed by atoms with Gasteiger partial charge in [0.15, 0.2) is 11.5 Å². The van der Waals surface area contributed by atoms with Crippen LogP contribution in [0.1, 0.15) is 0 Å². The van der Waals surface area contributed by atoms with Crippen LogP contribution in [-0.2, 0) is 0 Å². The first-order valence-corrected chi connectivity index (χ1v) is 5.64. The van der Waals surface area contributed by atoms with E-state index in [1.807, 2.05) is 23.6 Å². The number of aromatic nitrogens is 3. The van der Waals surface area contributed by atoms with E-state index in [9.17, 15) is 0 Å². The van der Waals surface area contributed by atoms with Crippen molar-refractivity contribution in [2.45, 2.75) is 0 Å². The molecule has 0 radical (unpaired) electrons. The number of halogens is 1. The van der Waals surface area contributed by atoms with Gasteiger partial charge in [-0.1, -0.05) is 11.6 Å². The van der Waals surface area contributed by atoms with Crippen molar-refractivity contribution in [1.29, 1.82) is 0 Å². The highest BCUT2D eigenvalue weighted by Gasteiger charge is 2.09. The number of hydrogen-bond donors (Lipinski definition) is 1. The van der Waals surface area contributed by atoms with Crippen LogP contribution < -0.4 is 0 Å². The summed E-state index contributed by atoms with van der Waals surface area (Å²) in [6.45, 7) is 0. The molecule has 0 fully saturated rings. The highest BCUT2D eigenvalue weighted by molar-refractivity contribution is 7.14. The summed E-state index contributed by atoms with van der Waals surface area (Å²) in [5.41, 5.74) is 1.65. The van der Waals surface area contributed by atoms with Gasteiger partial charge in [0.1, 0.15) is 0 Å². The van der Waals surface area contributed by atoms with Crippen molar-refractivity contribution in [3.05, 3.63) is 34.8 Å². The number of fused-ring (bicyclic) bond motifs is 1. The molecule has 15 heavy (non-hydrogen) atoms. The van der Waals surface area contributed by atoms with Crippen LogP contribution in [0.15, 0.2) is 29.8 Å². The lowest BCUT2D eigenvalue weighted by Crippen LogP contribution is -1.75. The molecule has 3 nitrogen and oxygen atoms in total. The Balaban J connectivity index is 2.24. The Hall–Kier alpha value is -1.39. The zero-order chi connectivity index (χ0) is 10.3. The topological polar surface area (TPSA) is 41.6 Å². The van der Waals surface area contributed by atoms with Gasteiger partial charge in [-0.05, 0) is 23.6 Å². The van der Waals surface area contributed by atoms with E-state index in [1.54, 1.807) is 17.5 Å². The minimum atomic E-state index is 0.719. The van der Waals surface area contributed by atoms with Gasteiger partial charge in [0.05, 0.1) is 15.4 Å². The lowest BCUT2D eigenvalue weighted by atomic mass is 10.4. The first-order chi connectivity index (χ1) is 7.34. The van der Waals surface area contributed by atoms with Gasteiger partial charge in [-0.25, -0.2) is 9.97 Å². The molecule has 0 aliphatic carbocycles. The molecule has 0 amide bonds. The zero-order valence-corrected chi connectivity index (χ0v) is 9.14. The van der Waals surface area contributed by atoms with E-state index in [0.717, 1.165) is 26.9 Å². The SMILES string of the molecule is Clc1ccsc1-c1nc2ncccc2[nH]1. The van der Waals surface area contributed by atoms with Gasteiger partial charge >= 0.3 is 0 Å². The number of H-pyrrole nitrogens is 1. The average molecular weight is 236 g/mol. The summed E-state index contributed by atoms with van der Waals surface area (Å²) in [7, 11) is 0. The zero-order valence-electron chi connectivity index (χ0n) is 7.57. The second kappa shape index (κ2) is 3.32. The van der Waals surface area contributed by atoms with E-state index in [0.29, 0.717) is 0 Å². The third-order valence-corrected chi connectivity index (χ3v) is 3.44. The second-order valence-corrected chi connectivity index (χ2v) is 4.38. The first-order valence-electron chi connectivity index (χ1n) is 4.39. The number of imidazole rings is 1. The van der Waals surface area contributed by atoms with E-state index in [4.69, 9.17) is 11.6 Å². The van der Waals surface area contributed by atoms with Crippen molar-refractivity contribution < 1.29 is 0 Å². The Kier molecular flexibility index (Phi) is 1.97. The van der Waals surface area contributed by atoms with E-state index >= 15 is 0 Å². The average Bonchev–Trinajstić information content (AvgIpc) is 2.82. The van der Waals surface area contributed by atoms with Gasteiger partial charge in [0.25, 0.3) is 0 Å². The molecule has 0 bridgehead atoms. The largest absolute Gasteiger partial charge is 0.336 e. The van der Waals surface area contributed by atoms with Crippen molar-refractivity contribution in [2.75, 3.05) is 0 Å². The fourth-order valence-electron chi connectivity index (χ4n) is 1.42. The maximum Gasteiger partial charge on any atom is 0.178 e. The molecule has 0 spiro atoms. The third-order valence-electron chi connectivity index (χ3n) is 2.09. The molecule has 3 heterocycles. The van der Waals surface area contributed by atoms with Gasteiger partial charge in [-0.15, -0.1) is 11.3 Å². The predicted octanol–water partition coefficient (Wildman–Crippen LogP) is 3.34. The van der Waals surface area contributed by atoms with Gasteiger partial charge in [-0.2, -0.15) is 0 Å². The Morgan fingerprint density at radius 1 is 1.33 bits per heavy atom. The molecule has 1 N–H and O–H groups in total. The van der Waals surface area contributed by atoms with Crippen LogP contribution in [0.5, 0.6) is 0 Å². The highest BCUT2D eigenvalue weighted by Crippen LogP contribution is 2.31. The molecule has 3 rings (SSSR count). The molecular formula is C10H6ClN3S. The van der Waals surface area contributed by atoms with Crippen molar-refractivity contribution in [2.24, 2.45) is 0 Å². The summed E-state index contributed by atoms with van der Waals surface area (Å²) in [6, 6.07) is 5.68. The molecule has 0 unspecified atom stereocenters. The van der Waals surface area contributed by atoms with Crippen LogP contribution >= 0.6 is 22.9 Å². The van der Waals surface area contributed by atoms with Crippen molar-refractivity contribution >= 4 is 34.1 Å². The van der Waals surface area contributed by atoms with Crippen LogP contribution in [0.4, 0.5) is 0 Å². The fraction of sp³-hybridized carbons (Fsp3) is 0. The monoisotopic (exact) mass is 235 g/mol. The van der Waals surface area contributed by atoms with Crippen molar-refractivity contribution in [3.63, 3.8) is 0 Å². The number of thiophene rings is 1. The van der Waals surface area contributed by atoms with Crippen LogP contribution in [0.3, 0.4) is 0 Å². The van der Waals surface area contributed by atoms with Crippen LogP contribution in [0.2, 0.25) is 5.02 Å². The number of nitrogens with one attached hydrogen (secondary N) is 1.